The van der Waals surface area contributed by atoms with Crippen LogP contribution in [0.5, 0.6) is 0 Å². The molecule has 4 aliphatic rings. The quantitative estimate of drug-likeness (QED) is 0.153. The number of rotatable bonds is 8. The molecule has 3 aliphatic heterocycles. The number of nitrogens with zero attached hydrogens (tertiary/aromatic N) is 5. The lowest BCUT2D eigenvalue weighted by molar-refractivity contribution is -0.137. The number of likely N-dealkylation sites (N-methyl/N-ethyl adjacent to an activating group) is 1. The molecule has 2 saturated heterocycles. The summed E-state index contributed by atoms with van der Waals surface area (Å²) in [5, 5.41) is 23.5. The van der Waals surface area contributed by atoms with E-state index in [0.29, 0.717) is 66.8 Å². The van der Waals surface area contributed by atoms with Crippen molar-refractivity contribution in [1.29, 1.82) is 0 Å². The smallest absolute Gasteiger partial charge is 0.390 e. The van der Waals surface area contributed by atoms with Gasteiger partial charge in [0, 0.05) is 162 Å². The maximum absolute atomic E-state index is 13.6. The van der Waals surface area contributed by atoms with E-state index < -0.39 is 11.7 Å². The van der Waals surface area contributed by atoms with Gasteiger partial charge in [0.05, 0.1) is 10.6 Å². The van der Waals surface area contributed by atoms with Crippen LogP contribution >= 0.6 is 11.6 Å². The number of hydrogen-bond acceptors (Lipinski definition) is 11. The first-order valence-electron chi connectivity index (χ1n) is 30.2. The number of allylic oxidation sites excluding steroid dienone is 4. The largest absolute Gasteiger partial charge is 0.417 e. The molecule has 3 fully saturated rings. The molecule has 3 heterocycles. The summed E-state index contributed by atoms with van der Waals surface area (Å²) in [7, 11) is 4.23. The van der Waals surface area contributed by atoms with Gasteiger partial charge >= 0.3 is 6.18 Å². The van der Waals surface area contributed by atoms with E-state index in [9.17, 15) is 13.2 Å². The van der Waals surface area contributed by atoms with E-state index in [1.54, 1.807) is 0 Å². The highest BCUT2D eigenvalue weighted by Gasteiger charge is 2.45. The molecule has 6 rings (SSSR count). The van der Waals surface area contributed by atoms with Gasteiger partial charge in [0.15, 0.2) is 0 Å². The SMILES string of the molecule is CC[C@H](C)[C@H]1CN[C@@H](C)C(C)NCC2[C@H](C)CN2[C@@H](C(C)C)C(C)NC2(CCCC2)CNCCNC=CC(CCc2ccc(C(F)(F)F)c(Cl)c2)=NC=C(C)N(C)C=C(Cc2ccccc2)N(C)C=C2CCCN2[C@@H](C)C(C)N1. The Morgan fingerprint density at radius 3 is 2.19 bits per heavy atom. The average molecular weight is 1120 g/mol. The van der Waals surface area contributed by atoms with Crippen molar-refractivity contribution in [1.82, 2.24) is 51.5 Å². The van der Waals surface area contributed by atoms with Crippen molar-refractivity contribution in [3.05, 3.63) is 118 Å². The van der Waals surface area contributed by atoms with Crippen molar-refractivity contribution in [2.24, 2.45) is 22.7 Å². The summed E-state index contributed by atoms with van der Waals surface area (Å²) in [6, 6.07) is 17.4. The third-order valence-electron chi connectivity index (χ3n) is 18.2. The van der Waals surface area contributed by atoms with Crippen LogP contribution in [0, 0.1) is 17.8 Å². The van der Waals surface area contributed by atoms with Crippen LogP contribution in [0.3, 0.4) is 0 Å². The van der Waals surface area contributed by atoms with E-state index in [2.05, 4.69) is 184 Å². The molecular formula is C64H103ClF3N11. The first kappa shape index (κ1) is 64.3. The number of hydrogen-bond donors (Lipinski definition) is 6. The van der Waals surface area contributed by atoms with Gasteiger partial charge in [-0.15, -0.1) is 0 Å². The third kappa shape index (κ3) is 18.6. The molecule has 0 amide bonds. The van der Waals surface area contributed by atoms with Gasteiger partial charge in [0.2, 0.25) is 0 Å². The van der Waals surface area contributed by atoms with E-state index >= 15 is 0 Å². The fraction of sp³-hybridized carbons (Fsp3) is 0.672. The van der Waals surface area contributed by atoms with Crippen LogP contribution in [-0.2, 0) is 19.0 Å². The monoisotopic (exact) mass is 1120 g/mol. The molecule has 15 heteroatoms. The Balaban J connectivity index is 1.29. The van der Waals surface area contributed by atoms with E-state index in [-0.39, 0.29) is 22.6 Å². The van der Waals surface area contributed by atoms with E-state index in [4.69, 9.17) is 16.6 Å². The second-order valence-corrected chi connectivity index (χ2v) is 25.0. The number of aliphatic imine (C=N–C) groups is 1. The first-order valence-corrected chi connectivity index (χ1v) is 30.6. The van der Waals surface area contributed by atoms with E-state index in [0.717, 1.165) is 100 Å². The van der Waals surface area contributed by atoms with Gasteiger partial charge < -0.3 is 46.6 Å². The number of halogens is 4. The molecule has 442 valence electrons. The Morgan fingerprint density at radius 2 is 1.53 bits per heavy atom. The highest BCUT2D eigenvalue weighted by molar-refractivity contribution is 6.31. The van der Waals surface area contributed by atoms with E-state index in [1.165, 1.54) is 49.1 Å². The lowest BCUT2D eigenvalue weighted by Gasteiger charge is -2.55. The maximum atomic E-state index is 13.6. The normalized spacial score (nSPS) is 28.9. The van der Waals surface area contributed by atoms with Crippen LogP contribution in [0.2, 0.25) is 5.02 Å². The molecule has 1 spiro atoms. The van der Waals surface area contributed by atoms with Gasteiger partial charge in [-0.3, -0.25) is 9.89 Å². The van der Waals surface area contributed by atoms with Crippen molar-refractivity contribution in [3.63, 3.8) is 0 Å². The second kappa shape index (κ2) is 30.4. The Hall–Kier alpha value is -3.89. The number of fused-ring (bicyclic) bond motifs is 2. The molecule has 2 aromatic carbocycles. The van der Waals surface area contributed by atoms with Crippen molar-refractivity contribution in [2.75, 3.05) is 59.9 Å². The molecule has 1 aliphatic carbocycles. The second-order valence-electron chi connectivity index (χ2n) is 24.6. The average Bonchev–Trinajstić information content (AvgIpc) is 4.11. The molecule has 0 bridgehead atoms. The molecule has 10 atom stereocenters. The zero-order valence-corrected chi connectivity index (χ0v) is 51.4. The molecule has 2 aromatic rings. The van der Waals surface area contributed by atoms with Crippen molar-refractivity contribution < 1.29 is 13.2 Å². The summed E-state index contributed by atoms with van der Waals surface area (Å²) in [6.07, 6.45) is 15.7. The molecule has 0 radical (unpaired) electrons. The van der Waals surface area contributed by atoms with Crippen LogP contribution in [-0.4, -0.2) is 139 Å². The van der Waals surface area contributed by atoms with Gasteiger partial charge in [-0.25, -0.2) is 0 Å². The fourth-order valence-electron chi connectivity index (χ4n) is 12.5. The minimum atomic E-state index is -4.51. The Labute approximate surface area is 481 Å². The molecule has 0 aromatic heterocycles. The van der Waals surface area contributed by atoms with Crippen LogP contribution in [0.25, 0.3) is 0 Å². The first-order chi connectivity index (χ1) is 37.6. The highest BCUT2D eigenvalue weighted by atomic mass is 35.5. The minimum Gasteiger partial charge on any atom is -0.390 e. The maximum Gasteiger partial charge on any atom is 0.417 e. The summed E-state index contributed by atoms with van der Waals surface area (Å²) < 4.78 is 40.8. The predicted molar refractivity (Wildman–Crippen MR) is 326 cm³/mol. The molecule has 11 nitrogen and oxygen atoms in total. The van der Waals surface area contributed by atoms with Crippen LogP contribution in [0.15, 0.2) is 101 Å². The Kier molecular flexibility index (Phi) is 24.8. The van der Waals surface area contributed by atoms with Crippen molar-refractivity contribution >= 4 is 17.3 Å². The van der Waals surface area contributed by atoms with Crippen molar-refractivity contribution in [3.8, 4) is 0 Å². The summed E-state index contributed by atoms with van der Waals surface area (Å²) in [5.74, 6) is 1.66. The van der Waals surface area contributed by atoms with Crippen LogP contribution in [0.1, 0.15) is 144 Å². The summed E-state index contributed by atoms with van der Waals surface area (Å²) in [4.78, 5) is 14.9. The summed E-state index contributed by atoms with van der Waals surface area (Å²) >= 11 is 6.18. The zero-order valence-electron chi connectivity index (χ0n) is 50.6. The minimum absolute atomic E-state index is 0.0517. The number of aryl methyl sites for hydroxylation is 1. The van der Waals surface area contributed by atoms with E-state index in [1.807, 2.05) is 18.5 Å². The van der Waals surface area contributed by atoms with Gasteiger partial charge in [-0.1, -0.05) is 102 Å². The van der Waals surface area contributed by atoms with Crippen molar-refractivity contribution in [2.45, 2.75) is 200 Å². The lowest BCUT2D eigenvalue weighted by atomic mass is 9.82. The van der Waals surface area contributed by atoms with Gasteiger partial charge in [0.25, 0.3) is 0 Å². The molecule has 1 saturated carbocycles. The van der Waals surface area contributed by atoms with Gasteiger partial charge in [-0.2, -0.15) is 13.2 Å². The van der Waals surface area contributed by atoms with Crippen LogP contribution < -0.4 is 31.9 Å². The number of alkyl halides is 3. The summed E-state index contributed by atoms with van der Waals surface area (Å²) in [5.41, 5.74) is 5.40. The fourth-order valence-corrected chi connectivity index (χ4v) is 12.8. The third-order valence-corrected chi connectivity index (χ3v) is 18.5. The molecule has 6 N–H and O–H groups in total. The predicted octanol–water partition coefficient (Wildman–Crippen LogP) is 11.6. The van der Waals surface area contributed by atoms with Crippen LogP contribution in [0.4, 0.5) is 13.2 Å². The zero-order chi connectivity index (χ0) is 57.4. The Morgan fingerprint density at radius 1 is 0.823 bits per heavy atom. The standard InChI is InChI=1S/C64H103ClF3N11/c1-14-45(4)60-38-71-48(7)49(8)72-39-61-46(5)40-79(61)62(44(2)3)51(10)75-63(29-18-19-30-63)43-70-33-32-69-31-28-55(26-24-54-25-27-58(59(65)36-54)64(66,67)68)73-37-47(6)76(12)42-57(35-53-21-16-15-17-22-53)77(13)41-56-23-20-34-78(56)52(11)50(9)74-60/h15-17,21-22,25,27-28,31,36-37,41-42,44-46,48-52,60-62,69-72,74-75H,14,18-20,23-24,26,29-30,32-35,38-40,43H2,1-13H3/t45-,46+,48-,49?,50?,51?,52-,60+,61?,62-/m0/s1. The van der Waals surface area contributed by atoms with Gasteiger partial charge in [-0.05, 0) is 133 Å². The Bertz CT molecular complexity index is 2330. The molecular weight excluding hydrogens is 1020 g/mol. The molecule has 79 heavy (non-hydrogen) atoms. The lowest BCUT2D eigenvalue weighted by Crippen LogP contribution is -2.69. The molecule has 4 unspecified atom stereocenters. The highest BCUT2D eigenvalue weighted by Crippen LogP contribution is 2.37. The number of nitrogens with one attached hydrogen (secondary N) is 6. The summed E-state index contributed by atoms with van der Waals surface area (Å²) in [6.45, 7) is 32.4. The number of benzene rings is 2. The topological polar surface area (TPSA) is 97.5 Å². The van der Waals surface area contributed by atoms with Gasteiger partial charge in [0.1, 0.15) is 0 Å².